The van der Waals surface area contributed by atoms with E-state index in [9.17, 15) is 5.11 Å². The Morgan fingerprint density at radius 2 is 1.83 bits per heavy atom. The maximum absolute atomic E-state index is 9.80. The first-order chi connectivity index (χ1) is 8.63. The summed E-state index contributed by atoms with van der Waals surface area (Å²) in [5.74, 6) is 0. The Morgan fingerprint density at radius 3 is 2.50 bits per heavy atom. The summed E-state index contributed by atoms with van der Waals surface area (Å²) in [5.41, 5.74) is 1.09. The molecule has 4 heteroatoms. The lowest BCUT2D eigenvalue weighted by Gasteiger charge is -2.37. The molecule has 2 aliphatic heterocycles. The van der Waals surface area contributed by atoms with Crippen LogP contribution in [0.3, 0.4) is 0 Å². The van der Waals surface area contributed by atoms with Crippen molar-refractivity contribution in [3.63, 3.8) is 0 Å². The number of aliphatic hydroxyl groups excluding tert-OH is 1. The molecule has 2 atom stereocenters. The minimum atomic E-state index is -0.117. The Labute approximate surface area is 117 Å². The third-order valence-electron chi connectivity index (χ3n) is 4.22. The third-order valence-corrected chi connectivity index (χ3v) is 4.82. The van der Waals surface area contributed by atoms with E-state index < -0.39 is 0 Å². The summed E-state index contributed by atoms with van der Waals surface area (Å²) in [5, 5.41) is 11.3. The van der Waals surface area contributed by atoms with E-state index in [1.54, 1.807) is 0 Å². The van der Waals surface area contributed by atoms with Crippen molar-refractivity contribution in [1.29, 1.82) is 0 Å². The number of benzene rings is 1. The lowest BCUT2D eigenvalue weighted by molar-refractivity contribution is 0.0310. The molecule has 0 saturated carbocycles. The van der Waals surface area contributed by atoms with Crippen LogP contribution < -0.4 is 0 Å². The van der Waals surface area contributed by atoms with Crippen LogP contribution in [0.1, 0.15) is 31.2 Å². The number of piperidine rings is 1. The van der Waals surface area contributed by atoms with Gasteiger partial charge in [-0.1, -0.05) is 23.2 Å². The number of hydrogen-bond acceptors (Lipinski definition) is 2. The van der Waals surface area contributed by atoms with Gasteiger partial charge >= 0.3 is 0 Å². The molecule has 2 saturated heterocycles. The minimum Gasteiger partial charge on any atom is -0.393 e. The second-order valence-electron chi connectivity index (χ2n) is 5.42. The summed E-state index contributed by atoms with van der Waals surface area (Å²) in [6, 6.07) is 6.65. The van der Waals surface area contributed by atoms with Crippen molar-refractivity contribution in [2.75, 3.05) is 0 Å². The molecule has 0 amide bonds. The van der Waals surface area contributed by atoms with Crippen molar-refractivity contribution < 1.29 is 5.11 Å². The largest absolute Gasteiger partial charge is 0.393 e. The van der Waals surface area contributed by atoms with Crippen LogP contribution in [0.5, 0.6) is 0 Å². The third kappa shape index (κ3) is 2.39. The maximum Gasteiger partial charge on any atom is 0.0570 e. The number of nitrogens with zero attached hydrogens (tertiary/aromatic N) is 1. The molecule has 0 aliphatic carbocycles. The van der Waals surface area contributed by atoms with Gasteiger partial charge in [0.15, 0.2) is 0 Å². The van der Waals surface area contributed by atoms with Crippen LogP contribution in [-0.2, 0) is 6.54 Å². The molecular formula is C14H17Cl2NO. The van der Waals surface area contributed by atoms with Crippen LogP contribution in [-0.4, -0.2) is 28.2 Å². The lowest BCUT2D eigenvalue weighted by Crippen LogP contribution is -2.44. The topological polar surface area (TPSA) is 23.5 Å². The second-order valence-corrected chi connectivity index (χ2v) is 6.26. The van der Waals surface area contributed by atoms with Crippen LogP contribution in [0, 0.1) is 0 Å². The van der Waals surface area contributed by atoms with Gasteiger partial charge < -0.3 is 5.11 Å². The van der Waals surface area contributed by atoms with Gasteiger partial charge in [0, 0.05) is 28.7 Å². The number of rotatable bonds is 2. The predicted molar refractivity (Wildman–Crippen MR) is 74.1 cm³/mol. The zero-order valence-corrected chi connectivity index (χ0v) is 11.7. The monoisotopic (exact) mass is 285 g/mol. The molecular weight excluding hydrogens is 269 g/mol. The van der Waals surface area contributed by atoms with E-state index in [0.29, 0.717) is 12.1 Å². The van der Waals surface area contributed by atoms with Gasteiger partial charge in [-0.2, -0.15) is 0 Å². The highest BCUT2D eigenvalue weighted by molar-refractivity contribution is 6.33. The fourth-order valence-corrected chi connectivity index (χ4v) is 3.74. The van der Waals surface area contributed by atoms with Crippen LogP contribution in [0.4, 0.5) is 0 Å². The summed E-state index contributed by atoms with van der Waals surface area (Å²) < 4.78 is 0. The molecule has 18 heavy (non-hydrogen) atoms. The summed E-state index contributed by atoms with van der Waals surface area (Å²) in [6.45, 7) is 0.849. The van der Waals surface area contributed by atoms with Crippen molar-refractivity contribution in [3.05, 3.63) is 33.8 Å². The zero-order valence-electron chi connectivity index (χ0n) is 10.1. The van der Waals surface area contributed by atoms with Gasteiger partial charge in [0.25, 0.3) is 0 Å². The van der Waals surface area contributed by atoms with E-state index in [0.717, 1.165) is 35.0 Å². The van der Waals surface area contributed by atoms with E-state index in [2.05, 4.69) is 4.90 Å². The van der Waals surface area contributed by atoms with Crippen molar-refractivity contribution in [2.24, 2.45) is 0 Å². The van der Waals surface area contributed by atoms with Gasteiger partial charge in [-0.25, -0.2) is 0 Å². The van der Waals surface area contributed by atoms with Crippen LogP contribution in [0.15, 0.2) is 18.2 Å². The molecule has 2 nitrogen and oxygen atoms in total. The molecule has 0 radical (unpaired) electrons. The van der Waals surface area contributed by atoms with Gasteiger partial charge in [-0.15, -0.1) is 0 Å². The molecule has 2 aliphatic rings. The number of halogens is 2. The van der Waals surface area contributed by atoms with E-state index in [1.807, 2.05) is 18.2 Å². The first kappa shape index (κ1) is 12.7. The van der Waals surface area contributed by atoms with Crippen LogP contribution in [0.25, 0.3) is 0 Å². The second kappa shape index (κ2) is 5.01. The highest BCUT2D eigenvalue weighted by atomic mass is 35.5. The fourth-order valence-electron chi connectivity index (χ4n) is 3.36. The van der Waals surface area contributed by atoms with E-state index in [4.69, 9.17) is 23.2 Å². The van der Waals surface area contributed by atoms with Gasteiger partial charge in [-0.05, 0) is 49.4 Å². The van der Waals surface area contributed by atoms with Crippen molar-refractivity contribution in [2.45, 2.75) is 50.4 Å². The molecule has 2 bridgehead atoms. The average Bonchev–Trinajstić information content (AvgIpc) is 2.57. The normalized spacial score (nSPS) is 31.8. The van der Waals surface area contributed by atoms with Gasteiger partial charge in [0.1, 0.15) is 0 Å². The number of fused-ring (bicyclic) bond motifs is 2. The first-order valence-electron chi connectivity index (χ1n) is 6.51. The van der Waals surface area contributed by atoms with E-state index in [1.165, 1.54) is 12.8 Å². The quantitative estimate of drug-likeness (QED) is 0.899. The molecule has 2 unspecified atom stereocenters. The molecule has 2 fully saturated rings. The predicted octanol–water partition coefficient (Wildman–Crippen LogP) is 3.48. The Balaban J connectivity index is 1.79. The first-order valence-corrected chi connectivity index (χ1v) is 7.27. The number of aliphatic hydroxyl groups is 1. The Hall–Kier alpha value is -0.280. The summed E-state index contributed by atoms with van der Waals surface area (Å²) >= 11 is 12.3. The molecule has 98 valence electrons. The Bertz CT molecular complexity index is 437. The highest BCUT2D eigenvalue weighted by Gasteiger charge is 2.40. The van der Waals surface area contributed by atoms with Crippen LogP contribution >= 0.6 is 23.2 Å². The molecule has 2 heterocycles. The maximum atomic E-state index is 9.80. The fraction of sp³-hybridized carbons (Fsp3) is 0.571. The minimum absolute atomic E-state index is 0.117. The summed E-state index contributed by atoms with van der Waals surface area (Å²) in [4.78, 5) is 2.49. The molecule has 1 aromatic rings. The van der Waals surface area contributed by atoms with Crippen molar-refractivity contribution in [1.82, 2.24) is 4.90 Å². The molecule has 0 spiro atoms. The smallest absolute Gasteiger partial charge is 0.0570 e. The van der Waals surface area contributed by atoms with Gasteiger partial charge in [0.05, 0.1) is 6.10 Å². The van der Waals surface area contributed by atoms with Gasteiger partial charge in [0.2, 0.25) is 0 Å². The van der Waals surface area contributed by atoms with Crippen molar-refractivity contribution >= 4 is 23.2 Å². The molecule has 0 aromatic heterocycles. The summed E-state index contributed by atoms with van der Waals surface area (Å²) in [7, 11) is 0. The lowest BCUT2D eigenvalue weighted by atomic mass is 9.99. The van der Waals surface area contributed by atoms with Gasteiger partial charge in [-0.3, -0.25) is 4.90 Å². The molecule has 1 aromatic carbocycles. The molecule has 1 N–H and O–H groups in total. The Morgan fingerprint density at radius 1 is 1.17 bits per heavy atom. The molecule has 3 rings (SSSR count). The van der Waals surface area contributed by atoms with E-state index >= 15 is 0 Å². The standard InChI is InChI=1S/C14H17Cl2NO/c15-10-1-4-14(16)9(5-10)8-17-11-2-3-12(17)7-13(18)6-11/h1,4-5,11-13,18H,2-3,6-8H2. The highest BCUT2D eigenvalue weighted by Crippen LogP contribution is 2.37. The zero-order chi connectivity index (χ0) is 12.7. The average molecular weight is 286 g/mol. The number of hydrogen-bond donors (Lipinski definition) is 1. The SMILES string of the molecule is OC1CC2CCC(C1)N2Cc1cc(Cl)ccc1Cl. The van der Waals surface area contributed by atoms with Crippen LogP contribution in [0.2, 0.25) is 10.0 Å². The van der Waals surface area contributed by atoms with Crippen molar-refractivity contribution in [3.8, 4) is 0 Å². The van der Waals surface area contributed by atoms with E-state index in [-0.39, 0.29) is 6.10 Å². The summed E-state index contributed by atoms with van der Waals surface area (Å²) in [6.07, 6.45) is 4.07. The Kier molecular flexibility index (Phi) is 3.55.